The zero-order valence-corrected chi connectivity index (χ0v) is 20.3. The summed E-state index contributed by atoms with van der Waals surface area (Å²) < 4.78 is 8.06. The number of benzene rings is 2. The number of rotatable bonds is 5. The van der Waals surface area contributed by atoms with Crippen LogP contribution in [-0.2, 0) is 35.0 Å². The lowest BCUT2D eigenvalue weighted by Gasteiger charge is -2.37. The molecule has 3 aromatic rings. The van der Waals surface area contributed by atoms with Crippen LogP contribution in [0, 0.1) is 5.92 Å². The van der Waals surface area contributed by atoms with Crippen molar-refractivity contribution in [1.29, 1.82) is 0 Å². The maximum Gasteiger partial charge on any atom is 0.331 e. The van der Waals surface area contributed by atoms with Gasteiger partial charge in [-0.05, 0) is 36.8 Å². The number of hydrogen-bond acceptors (Lipinski definition) is 5. The van der Waals surface area contributed by atoms with Gasteiger partial charge in [-0.3, -0.25) is 28.5 Å². The van der Waals surface area contributed by atoms with Crippen LogP contribution in [0.3, 0.4) is 0 Å². The molecule has 178 valence electrons. The van der Waals surface area contributed by atoms with Gasteiger partial charge in [0.2, 0.25) is 5.91 Å². The molecule has 1 unspecified atom stereocenters. The first-order valence-corrected chi connectivity index (χ1v) is 11.3. The lowest BCUT2D eigenvalue weighted by atomic mass is 10.0. The number of ether oxygens (including phenoxy) is 1. The second-order valence-electron chi connectivity index (χ2n) is 7.91. The van der Waals surface area contributed by atoms with Crippen molar-refractivity contribution in [2.45, 2.75) is 13.5 Å². The molecule has 0 aliphatic carbocycles. The Balaban J connectivity index is 1.78. The van der Waals surface area contributed by atoms with Crippen molar-refractivity contribution in [3.05, 3.63) is 62.5 Å². The minimum Gasteiger partial charge on any atom is -0.465 e. The van der Waals surface area contributed by atoms with Crippen LogP contribution in [-0.4, -0.2) is 45.1 Å². The molecule has 0 spiro atoms. The maximum atomic E-state index is 13.5. The van der Waals surface area contributed by atoms with E-state index in [0.29, 0.717) is 22.3 Å². The van der Waals surface area contributed by atoms with Crippen LogP contribution in [0.2, 0.25) is 10.0 Å². The molecule has 34 heavy (non-hydrogen) atoms. The molecule has 4 rings (SSSR count). The third kappa shape index (κ3) is 3.95. The van der Waals surface area contributed by atoms with Crippen LogP contribution in [0.1, 0.15) is 12.5 Å². The number of esters is 1. The van der Waals surface area contributed by atoms with E-state index in [4.69, 9.17) is 27.9 Å². The summed E-state index contributed by atoms with van der Waals surface area (Å²) in [5, 5.41) is 0.501. The molecule has 3 amide bonds. The highest BCUT2D eigenvalue weighted by Gasteiger charge is 2.44. The molecular weight excluding hydrogens is 483 g/mol. The summed E-state index contributed by atoms with van der Waals surface area (Å²) in [6.07, 6.45) is 0. The zero-order chi connectivity index (χ0) is 24.7. The number of carbonyl (C=O) groups excluding carboxylic acids is 3. The fourth-order valence-electron chi connectivity index (χ4n) is 4.05. The highest BCUT2D eigenvalue weighted by atomic mass is 35.5. The van der Waals surface area contributed by atoms with E-state index in [2.05, 4.69) is 0 Å². The molecule has 11 heteroatoms. The normalized spacial score (nSPS) is 16.4. The second-order valence-corrected chi connectivity index (χ2v) is 8.69. The molecule has 1 aliphatic rings. The lowest BCUT2D eigenvalue weighted by molar-refractivity contribution is -0.154. The van der Waals surface area contributed by atoms with E-state index in [1.54, 1.807) is 57.4 Å². The summed E-state index contributed by atoms with van der Waals surface area (Å²) in [5.41, 5.74) is 1.96. The standard InChI is InChI=1S/C23H22Cl2N4O5/c1-4-34-21(31)15-12-28(14-8-9-17-18(10-14)27(3)22(32)26(17)2)23(33)29(20(15)30)11-13-6-5-7-16(24)19(13)25/h5-10,15H,4,11-12H2,1-3H3. The molecule has 2 heterocycles. The van der Waals surface area contributed by atoms with Gasteiger partial charge < -0.3 is 4.74 Å². The molecule has 0 N–H and O–H groups in total. The number of hydrogen-bond donors (Lipinski definition) is 0. The van der Waals surface area contributed by atoms with E-state index < -0.39 is 23.8 Å². The summed E-state index contributed by atoms with van der Waals surface area (Å²) >= 11 is 12.4. The van der Waals surface area contributed by atoms with Gasteiger partial charge in [0.05, 0.1) is 40.8 Å². The summed E-state index contributed by atoms with van der Waals surface area (Å²) in [4.78, 5) is 53.9. The van der Waals surface area contributed by atoms with Gasteiger partial charge in [0.1, 0.15) is 0 Å². The number of carbonyl (C=O) groups is 3. The molecule has 0 saturated carbocycles. The molecule has 1 saturated heterocycles. The van der Waals surface area contributed by atoms with E-state index in [9.17, 15) is 19.2 Å². The number of anilines is 1. The number of amides is 3. The lowest BCUT2D eigenvalue weighted by Crippen LogP contribution is -2.58. The number of imidazole rings is 1. The van der Waals surface area contributed by atoms with Crippen molar-refractivity contribution in [2.24, 2.45) is 20.0 Å². The second kappa shape index (κ2) is 9.15. The molecule has 9 nitrogen and oxygen atoms in total. The van der Waals surface area contributed by atoms with Gasteiger partial charge in [-0.2, -0.15) is 0 Å². The quantitative estimate of drug-likeness (QED) is 0.392. The summed E-state index contributed by atoms with van der Waals surface area (Å²) in [6, 6.07) is 9.35. The van der Waals surface area contributed by atoms with Gasteiger partial charge in [-0.15, -0.1) is 0 Å². The van der Waals surface area contributed by atoms with Gasteiger partial charge in [0, 0.05) is 19.8 Å². The first kappa shape index (κ1) is 23.8. The number of imide groups is 1. The van der Waals surface area contributed by atoms with Crippen molar-refractivity contribution >= 4 is 57.8 Å². The SMILES string of the molecule is CCOC(=O)C1CN(c2ccc3c(c2)n(C)c(=O)n3C)C(=O)N(Cc2cccc(Cl)c2Cl)C1=O. The third-order valence-corrected chi connectivity index (χ3v) is 6.75. The average Bonchev–Trinajstić information content (AvgIpc) is 3.03. The predicted molar refractivity (Wildman–Crippen MR) is 128 cm³/mol. The summed E-state index contributed by atoms with van der Waals surface area (Å²) in [6.45, 7) is 1.37. The molecule has 1 aliphatic heterocycles. The fraction of sp³-hybridized carbons (Fsp3) is 0.304. The third-order valence-electron chi connectivity index (χ3n) is 5.89. The minimum atomic E-state index is -1.22. The smallest absolute Gasteiger partial charge is 0.331 e. The van der Waals surface area contributed by atoms with Crippen molar-refractivity contribution in [1.82, 2.24) is 14.0 Å². The Kier molecular flexibility index (Phi) is 6.42. The Morgan fingerprint density at radius 3 is 2.47 bits per heavy atom. The van der Waals surface area contributed by atoms with Gasteiger partial charge in [0.15, 0.2) is 5.92 Å². The van der Waals surface area contributed by atoms with Crippen molar-refractivity contribution in [2.75, 3.05) is 18.1 Å². The van der Waals surface area contributed by atoms with Crippen LogP contribution in [0.25, 0.3) is 11.0 Å². The summed E-state index contributed by atoms with van der Waals surface area (Å²) in [7, 11) is 3.28. The molecule has 0 radical (unpaired) electrons. The maximum absolute atomic E-state index is 13.5. The van der Waals surface area contributed by atoms with Crippen molar-refractivity contribution in [3.8, 4) is 0 Å². The Morgan fingerprint density at radius 1 is 1.06 bits per heavy atom. The number of fused-ring (bicyclic) bond motifs is 1. The number of urea groups is 1. The molecule has 1 atom stereocenters. The van der Waals surface area contributed by atoms with Gasteiger partial charge in [-0.25, -0.2) is 9.59 Å². The van der Waals surface area contributed by atoms with E-state index in [1.807, 2.05) is 0 Å². The Hall–Kier alpha value is -3.30. The van der Waals surface area contributed by atoms with Crippen LogP contribution < -0.4 is 10.6 Å². The van der Waals surface area contributed by atoms with Gasteiger partial charge in [0.25, 0.3) is 0 Å². The highest BCUT2D eigenvalue weighted by Crippen LogP contribution is 2.31. The molecule has 1 aromatic heterocycles. The van der Waals surface area contributed by atoms with Crippen molar-refractivity contribution < 1.29 is 19.1 Å². The zero-order valence-electron chi connectivity index (χ0n) is 18.7. The number of aromatic nitrogens is 2. The fourth-order valence-corrected chi connectivity index (χ4v) is 4.43. The van der Waals surface area contributed by atoms with E-state index in [0.717, 1.165) is 4.90 Å². The first-order chi connectivity index (χ1) is 16.1. The Labute approximate surface area is 205 Å². The van der Waals surface area contributed by atoms with Crippen molar-refractivity contribution in [3.63, 3.8) is 0 Å². The Morgan fingerprint density at radius 2 is 1.76 bits per heavy atom. The minimum absolute atomic E-state index is 0.0920. The van der Waals surface area contributed by atoms with Crippen LogP contribution >= 0.6 is 23.2 Å². The average molecular weight is 505 g/mol. The Bertz CT molecular complexity index is 1380. The number of nitrogens with zero attached hydrogens (tertiary/aromatic N) is 4. The largest absolute Gasteiger partial charge is 0.465 e. The first-order valence-electron chi connectivity index (χ1n) is 10.5. The molecule has 1 fully saturated rings. The van der Waals surface area contributed by atoms with Gasteiger partial charge >= 0.3 is 17.7 Å². The highest BCUT2D eigenvalue weighted by molar-refractivity contribution is 6.42. The number of aryl methyl sites for hydroxylation is 2. The van der Waals surface area contributed by atoms with E-state index in [-0.39, 0.29) is 35.4 Å². The molecular formula is C23H22Cl2N4O5. The van der Waals surface area contributed by atoms with E-state index in [1.165, 1.54) is 14.0 Å². The van der Waals surface area contributed by atoms with Crippen LogP contribution in [0.15, 0.2) is 41.2 Å². The monoisotopic (exact) mass is 504 g/mol. The summed E-state index contributed by atoms with van der Waals surface area (Å²) in [5.74, 6) is -2.62. The topological polar surface area (TPSA) is 93.8 Å². The predicted octanol–water partition coefficient (Wildman–Crippen LogP) is 3.33. The number of halogens is 2. The van der Waals surface area contributed by atoms with Gasteiger partial charge in [-0.1, -0.05) is 35.3 Å². The van der Waals surface area contributed by atoms with E-state index >= 15 is 0 Å². The molecule has 0 bridgehead atoms. The van der Waals surface area contributed by atoms with Crippen LogP contribution in [0.4, 0.5) is 10.5 Å². The molecule has 2 aromatic carbocycles. The van der Waals surface area contributed by atoms with Crippen LogP contribution in [0.5, 0.6) is 0 Å².